The molecule has 26 heavy (non-hydrogen) atoms. The predicted molar refractivity (Wildman–Crippen MR) is 96.3 cm³/mol. The SMILES string of the molecule is Cc1cc(N2CCC[C@@H](NS(=O)(=O)c3cnc(C(C)C)[nH]3)C2=O)n(C)n1. The number of aromatic nitrogens is 4. The first-order valence-corrected chi connectivity index (χ1v) is 10.1. The van der Waals surface area contributed by atoms with Gasteiger partial charge in [-0.2, -0.15) is 9.82 Å². The zero-order valence-electron chi connectivity index (χ0n) is 15.4. The molecule has 0 saturated carbocycles. The van der Waals surface area contributed by atoms with Crippen LogP contribution in [0.5, 0.6) is 0 Å². The number of rotatable bonds is 5. The number of amides is 1. The standard InChI is InChI=1S/C16H24N6O3S/c1-10(2)15-17-9-13(18-15)26(24,25)20-12-6-5-7-22(16(12)23)14-8-11(3)19-21(14)4/h8-10,12,20H,5-7H2,1-4H3,(H,17,18)/t12-/m1/s1. The Morgan fingerprint density at radius 1 is 1.38 bits per heavy atom. The van der Waals surface area contributed by atoms with E-state index in [0.29, 0.717) is 31.0 Å². The van der Waals surface area contributed by atoms with E-state index in [1.807, 2.05) is 26.8 Å². The number of carbonyl (C=O) groups excluding carboxylic acids is 1. The molecule has 3 heterocycles. The molecule has 142 valence electrons. The van der Waals surface area contributed by atoms with Crippen LogP contribution in [0.25, 0.3) is 0 Å². The summed E-state index contributed by atoms with van der Waals surface area (Å²) in [5.74, 6) is 1.07. The molecule has 1 saturated heterocycles. The van der Waals surface area contributed by atoms with Crippen LogP contribution < -0.4 is 9.62 Å². The fraction of sp³-hybridized carbons (Fsp3) is 0.562. The molecule has 10 heteroatoms. The average Bonchev–Trinajstić information content (AvgIpc) is 3.17. The maximum absolute atomic E-state index is 12.8. The number of hydrogen-bond donors (Lipinski definition) is 2. The molecule has 1 aliphatic heterocycles. The van der Waals surface area contributed by atoms with Crippen molar-refractivity contribution >= 4 is 21.7 Å². The summed E-state index contributed by atoms with van der Waals surface area (Å²) in [6.07, 6.45) is 2.44. The van der Waals surface area contributed by atoms with Gasteiger partial charge in [0.2, 0.25) is 5.91 Å². The number of hydrogen-bond acceptors (Lipinski definition) is 5. The van der Waals surface area contributed by atoms with Crippen LogP contribution in [0.4, 0.5) is 5.82 Å². The number of carbonyl (C=O) groups is 1. The van der Waals surface area contributed by atoms with Gasteiger partial charge >= 0.3 is 0 Å². The summed E-state index contributed by atoms with van der Waals surface area (Å²) in [5, 5.41) is 4.23. The van der Waals surface area contributed by atoms with E-state index in [-0.39, 0.29) is 16.9 Å². The number of anilines is 1. The van der Waals surface area contributed by atoms with Crippen molar-refractivity contribution < 1.29 is 13.2 Å². The van der Waals surface area contributed by atoms with Crippen LogP contribution in [-0.4, -0.2) is 46.7 Å². The Hall–Kier alpha value is -2.20. The third-order valence-electron chi connectivity index (χ3n) is 4.40. The first-order chi connectivity index (χ1) is 12.2. The lowest BCUT2D eigenvalue weighted by atomic mass is 10.1. The molecule has 0 bridgehead atoms. The number of H-pyrrole nitrogens is 1. The van der Waals surface area contributed by atoms with Gasteiger partial charge in [-0.1, -0.05) is 13.8 Å². The van der Waals surface area contributed by atoms with Crippen molar-refractivity contribution in [3.05, 3.63) is 23.8 Å². The summed E-state index contributed by atoms with van der Waals surface area (Å²) in [5.41, 5.74) is 0.802. The quantitative estimate of drug-likeness (QED) is 0.805. The molecule has 1 fully saturated rings. The molecule has 1 aliphatic rings. The van der Waals surface area contributed by atoms with Crippen molar-refractivity contribution in [3.63, 3.8) is 0 Å². The Balaban J connectivity index is 1.80. The number of nitrogens with one attached hydrogen (secondary N) is 2. The predicted octanol–water partition coefficient (Wildman–Crippen LogP) is 1.05. The Bertz CT molecular complexity index is 914. The lowest BCUT2D eigenvalue weighted by Crippen LogP contribution is -2.52. The molecule has 2 aromatic heterocycles. The van der Waals surface area contributed by atoms with Gasteiger partial charge < -0.3 is 4.98 Å². The first kappa shape index (κ1) is 18.6. The summed E-state index contributed by atoms with van der Waals surface area (Å²) >= 11 is 0. The highest BCUT2D eigenvalue weighted by molar-refractivity contribution is 7.89. The van der Waals surface area contributed by atoms with Crippen LogP contribution >= 0.6 is 0 Å². The number of aryl methyl sites for hydroxylation is 2. The molecule has 0 radical (unpaired) electrons. The second-order valence-electron chi connectivity index (χ2n) is 6.86. The maximum Gasteiger partial charge on any atom is 0.258 e. The Labute approximate surface area is 152 Å². The van der Waals surface area contributed by atoms with Gasteiger partial charge in [-0.05, 0) is 19.8 Å². The van der Waals surface area contributed by atoms with E-state index >= 15 is 0 Å². The van der Waals surface area contributed by atoms with E-state index in [9.17, 15) is 13.2 Å². The highest BCUT2D eigenvalue weighted by Crippen LogP contribution is 2.23. The van der Waals surface area contributed by atoms with Crippen molar-refractivity contribution in [2.75, 3.05) is 11.4 Å². The third kappa shape index (κ3) is 3.51. The van der Waals surface area contributed by atoms with Gasteiger partial charge in [0, 0.05) is 25.6 Å². The van der Waals surface area contributed by atoms with Crippen molar-refractivity contribution in [1.82, 2.24) is 24.5 Å². The molecule has 3 rings (SSSR count). The lowest BCUT2D eigenvalue weighted by molar-refractivity contribution is -0.121. The molecule has 2 aromatic rings. The number of nitrogens with zero attached hydrogens (tertiary/aromatic N) is 4. The van der Waals surface area contributed by atoms with E-state index in [0.717, 1.165) is 5.69 Å². The van der Waals surface area contributed by atoms with E-state index in [1.54, 1.807) is 16.6 Å². The average molecular weight is 380 g/mol. The minimum Gasteiger partial charge on any atom is -0.332 e. The molecule has 0 spiro atoms. The van der Waals surface area contributed by atoms with Crippen LogP contribution in [0.2, 0.25) is 0 Å². The molecular weight excluding hydrogens is 356 g/mol. The lowest BCUT2D eigenvalue weighted by Gasteiger charge is -2.32. The highest BCUT2D eigenvalue weighted by Gasteiger charge is 2.34. The van der Waals surface area contributed by atoms with Crippen LogP contribution in [-0.2, 0) is 21.9 Å². The van der Waals surface area contributed by atoms with Gasteiger partial charge in [0.05, 0.1) is 11.9 Å². The fourth-order valence-electron chi connectivity index (χ4n) is 3.06. The maximum atomic E-state index is 12.8. The Morgan fingerprint density at radius 2 is 2.12 bits per heavy atom. The summed E-state index contributed by atoms with van der Waals surface area (Å²) in [4.78, 5) is 21.3. The molecule has 2 N–H and O–H groups in total. The largest absolute Gasteiger partial charge is 0.332 e. The topological polar surface area (TPSA) is 113 Å². The summed E-state index contributed by atoms with van der Waals surface area (Å²) in [6.45, 7) is 6.22. The second-order valence-corrected chi connectivity index (χ2v) is 8.54. The second kappa shape index (κ2) is 6.84. The molecule has 9 nitrogen and oxygen atoms in total. The van der Waals surface area contributed by atoms with Crippen LogP contribution in [0.1, 0.15) is 44.1 Å². The minimum atomic E-state index is -3.85. The summed E-state index contributed by atoms with van der Waals surface area (Å²) in [7, 11) is -2.09. The molecule has 0 aliphatic carbocycles. The molecule has 1 atom stereocenters. The van der Waals surface area contributed by atoms with Crippen LogP contribution in [0, 0.1) is 6.92 Å². The summed E-state index contributed by atoms with van der Waals surface area (Å²) < 4.78 is 29.4. The van der Waals surface area contributed by atoms with Gasteiger partial charge in [0.25, 0.3) is 10.0 Å². The normalized spacial score (nSPS) is 18.7. The molecule has 1 amide bonds. The van der Waals surface area contributed by atoms with Gasteiger partial charge in [-0.25, -0.2) is 13.4 Å². The molecule has 0 unspecified atom stereocenters. The van der Waals surface area contributed by atoms with Crippen molar-refractivity contribution in [2.45, 2.75) is 50.6 Å². The number of piperidine rings is 1. The van der Waals surface area contributed by atoms with Crippen molar-refractivity contribution in [2.24, 2.45) is 7.05 Å². The Kier molecular flexibility index (Phi) is 4.89. The van der Waals surface area contributed by atoms with Gasteiger partial charge in [-0.15, -0.1) is 0 Å². The van der Waals surface area contributed by atoms with Crippen LogP contribution in [0.15, 0.2) is 17.3 Å². The van der Waals surface area contributed by atoms with E-state index < -0.39 is 16.1 Å². The van der Waals surface area contributed by atoms with Crippen molar-refractivity contribution in [1.29, 1.82) is 0 Å². The van der Waals surface area contributed by atoms with E-state index in [1.165, 1.54) is 6.20 Å². The molecule has 0 aromatic carbocycles. The number of sulfonamides is 1. The van der Waals surface area contributed by atoms with Gasteiger partial charge in [-0.3, -0.25) is 14.4 Å². The zero-order valence-corrected chi connectivity index (χ0v) is 16.2. The first-order valence-electron chi connectivity index (χ1n) is 8.58. The van der Waals surface area contributed by atoms with E-state index in [2.05, 4.69) is 19.8 Å². The monoisotopic (exact) mass is 380 g/mol. The van der Waals surface area contributed by atoms with Gasteiger partial charge in [0.1, 0.15) is 17.7 Å². The van der Waals surface area contributed by atoms with E-state index in [4.69, 9.17) is 0 Å². The minimum absolute atomic E-state index is 0.0255. The third-order valence-corrected chi connectivity index (χ3v) is 5.78. The number of aromatic amines is 1. The number of imidazole rings is 1. The molecular formula is C16H24N6O3S. The fourth-order valence-corrected chi connectivity index (χ4v) is 4.21. The highest BCUT2D eigenvalue weighted by atomic mass is 32.2. The Morgan fingerprint density at radius 3 is 2.69 bits per heavy atom. The van der Waals surface area contributed by atoms with Crippen molar-refractivity contribution in [3.8, 4) is 0 Å². The van der Waals surface area contributed by atoms with Gasteiger partial charge in [0.15, 0.2) is 5.03 Å². The summed E-state index contributed by atoms with van der Waals surface area (Å²) in [6, 6.07) is 1.01. The smallest absolute Gasteiger partial charge is 0.258 e. The van der Waals surface area contributed by atoms with Crippen LogP contribution in [0.3, 0.4) is 0 Å². The zero-order chi connectivity index (χ0) is 19.1.